The minimum absolute atomic E-state index is 0.649. The van der Waals surface area contributed by atoms with Crippen molar-refractivity contribution in [1.82, 2.24) is 0 Å². The molecule has 14 aliphatic carbocycles. The molecule has 10 fully saturated rings. The van der Waals surface area contributed by atoms with E-state index in [1.807, 2.05) is 0 Å². The molecule has 0 heteroatoms. The van der Waals surface area contributed by atoms with Gasteiger partial charge in [-0.1, -0.05) is 291 Å². The molecule has 0 N–H and O–H groups in total. The normalized spacial score (nSPS) is 29.3. The second-order valence-corrected chi connectivity index (χ2v) is 39.8. The Labute approximate surface area is 590 Å². The van der Waals surface area contributed by atoms with Crippen molar-refractivity contribution in [3.63, 3.8) is 0 Å². The molecule has 0 bridgehead atoms. The summed E-state index contributed by atoms with van der Waals surface area (Å²) in [6.07, 6.45) is 92.7. The maximum atomic E-state index is 2.68. The summed E-state index contributed by atoms with van der Waals surface area (Å²) in [6, 6.07) is 0. The van der Waals surface area contributed by atoms with E-state index in [0.29, 0.717) is 10.8 Å². The van der Waals surface area contributed by atoms with Gasteiger partial charge in [-0.3, -0.25) is 0 Å². The zero-order valence-electron chi connectivity index (χ0n) is 66.5. The van der Waals surface area contributed by atoms with Crippen molar-refractivity contribution in [3.8, 4) is 0 Å². The molecular weight excluding hydrogens is 1130 g/mol. The highest BCUT2D eigenvalue weighted by Crippen LogP contribution is 2.56. The summed E-state index contributed by atoms with van der Waals surface area (Å²) >= 11 is 0. The molecule has 0 amide bonds. The molecule has 0 aliphatic heterocycles. The highest BCUT2D eigenvalue weighted by molar-refractivity contribution is 5.19. The Morgan fingerprint density at radius 3 is 0.915 bits per heavy atom. The first-order chi connectivity index (χ1) is 45.0. The fourth-order valence-corrected chi connectivity index (χ4v) is 23.8. The maximum absolute atomic E-state index is 2.68. The molecule has 14 rings (SSSR count). The Hall–Kier alpha value is -1.04. The molecule has 7 spiro atoms. The maximum Gasteiger partial charge on any atom is -0.0115 e. The molecule has 0 aromatic rings. The van der Waals surface area contributed by atoms with Crippen molar-refractivity contribution < 1.29 is 0 Å². The largest absolute Gasteiger partial charge is 0.0850 e. The van der Waals surface area contributed by atoms with Gasteiger partial charge < -0.3 is 0 Å². The molecule has 0 heterocycles. The van der Waals surface area contributed by atoms with Gasteiger partial charge in [0.25, 0.3) is 0 Å². The third-order valence-electron chi connectivity index (χ3n) is 30.6. The lowest BCUT2D eigenvalue weighted by atomic mass is 9.61. The Morgan fingerprint density at radius 2 is 0.543 bits per heavy atom. The monoisotopic (exact) mass is 1300 g/mol. The molecule has 0 aromatic carbocycles. The van der Waals surface area contributed by atoms with Crippen LogP contribution in [0.5, 0.6) is 0 Å². The van der Waals surface area contributed by atoms with Crippen molar-refractivity contribution in [1.29, 1.82) is 0 Å². The van der Waals surface area contributed by atoms with Crippen LogP contribution in [0.4, 0.5) is 0 Å². The molecule has 0 aromatic heterocycles. The van der Waals surface area contributed by atoms with Gasteiger partial charge in [-0.05, 0) is 303 Å². The van der Waals surface area contributed by atoms with Crippen LogP contribution in [-0.2, 0) is 0 Å². The summed E-state index contributed by atoms with van der Waals surface area (Å²) < 4.78 is 0. The highest BCUT2D eigenvalue weighted by atomic mass is 14.5. The molecule has 0 saturated heterocycles. The number of hydrogen-bond donors (Lipinski definition) is 0. The number of allylic oxidation sites excluding steroid dienone is 8. The van der Waals surface area contributed by atoms with E-state index in [2.05, 4.69) is 121 Å². The van der Waals surface area contributed by atoms with Crippen molar-refractivity contribution in [2.75, 3.05) is 0 Å². The molecule has 94 heavy (non-hydrogen) atoms. The second-order valence-electron chi connectivity index (χ2n) is 39.8. The molecule has 3 atom stereocenters. The third-order valence-corrected chi connectivity index (χ3v) is 30.6. The Bertz CT molecular complexity index is 2220. The van der Waals surface area contributed by atoms with Gasteiger partial charge in [-0.15, -0.1) is 0 Å². The zero-order chi connectivity index (χ0) is 67.3. The van der Waals surface area contributed by atoms with Crippen LogP contribution < -0.4 is 0 Å². The van der Waals surface area contributed by atoms with Crippen LogP contribution in [0.1, 0.15) is 450 Å². The van der Waals surface area contributed by atoms with Gasteiger partial charge in [0, 0.05) is 0 Å². The van der Waals surface area contributed by atoms with Crippen LogP contribution in [0.15, 0.2) is 46.6 Å². The van der Waals surface area contributed by atoms with Crippen LogP contribution in [0.25, 0.3) is 0 Å². The topological polar surface area (TPSA) is 0 Å². The molecule has 10 saturated carbocycles. The van der Waals surface area contributed by atoms with E-state index in [1.54, 1.807) is 99.3 Å². The van der Waals surface area contributed by atoms with E-state index < -0.39 is 0 Å². The first-order valence-corrected chi connectivity index (χ1v) is 43.8. The van der Waals surface area contributed by atoms with Crippen LogP contribution in [0.3, 0.4) is 0 Å². The predicted molar refractivity (Wildman–Crippen MR) is 418 cm³/mol. The van der Waals surface area contributed by atoms with E-state index in [9.17, 15) is 0 Å². The van der Waals surface area contributed by atoms with E-state index in [1.165, 1.54) is 276 Å². The molecule has 0 nitrogen and oxygen atoms in total. The first kappa shape index (κ1) is 78.7. The summed E-state index contributed by atoms with van der Waals surface area (Å²) in [5.41, 5.74) is 12.2. The van der Waals surface area contributed by atoms with Crippen molar-refractivity contribution >= 4 is 0 Å². The average Bonchev–Trinajstić information content (AvgIpc) is 1.44. The van der Waals surface area contributed by atoms with Gasteiger partial charge in [0.15, 0.2) is 0 Å². The van der Waals surface area contributed by atoms with Crippen LogP contribution in [0.2, 0.25) is 0 Å². The lowest BCUT2D eigenvalue weighted by molar-refractivity contribution is 0.0700. The van der Waals surface area contributed by atoms with E-state index >= 15 is 0 Å². The Kier molecular flexibility index (Phi) is 31.6. The highest BCUT2D eigenvalue weighted by Gasteiger charge is 2.43. The summed E-state index contributed by atoms with van der Waals surface area (Å²) in [7, 11) is 0. The van der Waals surface area contributed by atoms with E-state index in [-0.39, 0.29) is 0 Å². The molecule has 0 radical (unpaired) electrons. The van der Waals surface area contributed by atoms with E-state index in [4.69, 9.17) is 0 Å². The predicted octanol–water partition coefficient (Wildman–Crippen LogP) is 31.6. The van der Waals surface area contributed by atoms with Crippen LogP contribution >= 0.6 is 0 Å². The second kappa shape index (κ2) is 37.8. The lowest BCUT2D eigenvalue weighted by Gasteiger charge is -2.45. The van der Waals surface area contributed by atoms with Gasteiger partial charge in [0.2, 0.25) is 0 Å². The number of hydrogen-bond acceptors (Lipinski definition) is 0. The smallest absolute Gasteiger partial charge is 0.0115 e. The summed E-state index contributed by atoms with van der Waals surface area (Å²) in [5, 5.41) is 0. The Balaban J connectivity index is 0.000000141. The number of rotatable bonds is 7. The summed E-state index contributed by atoms with van der Waals surface area (Å²) in [6.45, 7) is 33.3. The van der Waals surface area contributed by atoms with Gasteiger partial charge in [0.1, 0.15) is 0 Å². The van der Waals surface area contributed by atoms with Gasteiger partial charge in [-0.2, -0.15) is 0 Å². The minimum Gasteiger partial charge on any atom is -0.0850 e. The Morgan fingerprint density at radius 1 is 0.255 bits per heavy atom. The summed E-state index contributed by atoms with van der Waals surface area (Å²) in [5.74, 6) is 9.08. The summed E-state index contributed by atoms with van der Waals surface area (Å²) in [4.78, 5) is 0. The van der Waals surface area contributed by atoms with Crippen molar-refractivity contribution in [2.45, 2.75) is 450 Å². The molecule has 3 unspecified atom stereocenters. The fraction of sp³-hybridized carbons (Fsp3) is 0.915. The van der Waals surface area contributed by atoms with Gasteiger partial charge in [-0.25, -0.2) is 0 Å². The van der Waals surface area contributed by atoms with Gasteiger partial charge in [0.05, 0.1) is 0 Å². The molecular formula is C94H166. The van der Waals surface area contributed by atoms with Crippen molar-refractivity contribution in [3.05, 3.63) is 46.6 Å². The fourth-order valence-electron chi connectivity index (χ4n) is 23.8. The van der Waals surface area contributed by atoms with Gasteiger partial charge >= 0.3 is 0 Å². The standard InChI is InChI=1S/C14H26.C14H24.C14H26.C13H24.3C13H22/c2*1-12(2)13-7-6-10-14(11-13)8-4-3-5-9-14;1-12(2)13-7-10-14(11-13)8-5-3-4-6-9-14;3*1-11(2)12-6-5-9-13(10-12)7-3-4-8-13;1-11(2)12-6-9-13(10-12)7-4-3-5-8-13/h12-13H,3-11H2,1-2H3;11-12H,3-10H2,1-2H3;12-13H,3-11H2,1-2H3;11-12H,3-10H2,1-2H3;10-11H,3-9H2,1-2H3;2*6,11H,3-5,7-10H2,1-2H3. The molecule has 14 aliphatic rings. The first-order valence-electron chi connectivity index (χ1n) is 43.8. The molecule has 542 valence electrons. The SMILES string of the molecule is CC(C)C1=CC2(CCCC2)CCC1.CC(C)C1=CC2(CCCCC2)CCC1.CC(C)C1=CCC2(CCCCC2)C1.CC(C)C1=CCCC2(CCCC2)C1.CC(C)C1CCC2(CCCCCC2)C1.CC(C)C1CCCC2(CCCC2)C1.CC(C)C1CCCC2(CCCCC2)C1. The van der Waals surface area contributed by atoms with E-state index in [0.717, 1.165) is 86.3 Å². The zero-order valence-corrected chi connectivity index (χ0v) is 66.5. The van der Waals surface area contributed by atoms with Crippen molar-refractivity contribution in [2.24, 2.45) is 97.1 Å². The third kappa shape index (κ3) is 23.5. The lowest BCUT2D eigenvalue weighted by Crippen LogP contribution is -2.32. The van der Waals surface area contributed by atoms with Crippen LogP contribution in [-0.4, -0.2) is 0 Å². The quantitative estimate of drug-likeness (QED) is 0.223. The average molecular weight is 1300 g/mol. The minimum atomic E-state index is 0.649. The van der Waals surface area contributed by atoms with Crippen LogP contribution in [0, 0.1) is 97.1 Å².